The molecule has 5 rings (SSSR count). The van der Waals surface area contributed by atoms with Gasteiger partial charge in [-0.05, 0) is 37.8 Å². The lowest BCUT2D eigenvalue weighted by atomic mass is 9.71. The van der Waals surface area contributed by atoms with Crippen LogP contribution in [-0.4, -0.2) is 94.4 Å². The van der Waals surface area contributed by atoms with E-state index in [4.69, 9.17) is 4.74 Å². The zero-order chi connectivity index (χ0) is 29.3. The number of aromatic nitrogens is 3. The molecule has 2 aromatic rings. The number of carbonyl (C=O) groups is 3. The standard InChI is InChI=1S/C29H36BrN5O5S/c1-4-7-10-14-40-28(39)22-23-26(37)35(18(6-3)16-36)25(29(23)15-19(30)24(22)41-29)27(38)33(13-5-2)17-34-21-12-9-8-11-20(21)31-32-34/h4-5,8-9,11-12,18-19,22-25,36H,1-2,6-7,10,13-17H2,3H3/t18-,19?,22+,23-,24+,25?,29?/m0/s1. The van der Waals surface area contributed by atoms with Gasteiger partial charge in [0.1, 0.15) is 18.2 Å². The zero-order valence-electron chi connectivity index (χ0n) is 23.1. The van der Waals surface area contributed by atoms with Gasteiger partial charge in [-0.25, -0.2) is 4.68 Å². The number of amides is 2. The summed E-state index contributed by atoms with van der Waals surface area (Å²) in [5, 5.41) is 18.6. The first kappa shape index (κ1) is 29.8. The lowest BCUT2D eigenvalue weighted by Crippen LogP contribution is -2.58. The highest BCUT2D eigenvalue weighted by Crippen LogP contribution is 2.68. The Bertz CT molecular complexity index is 1330. The molecule has 7 atom stereocenters. The second-order valence-corrected chi connectivity index (χ2v) is 13.5. The van der Waals surface area contributed by atoms with Crippen LogP contribution in [0.3, 0.4) is 0 Å². The number of carbonyl (C=O) groups excluding carboxylic acids is 3. The van der Waals surface area contributed by atoms with Gasteiger partial charge in [0.25, 0.3) is 0 Å². The molecule has 0 radical (unpaired) electrons. The van der Waals surface area contributed by atoms with E-state index in [0.29, 0.717) is 24.8 Å². The summed E-state index contributed by atoms with van der Waals surface area (Å²) < 4.78 is 6.47. The van der Waals surface area contributed by atoms with Gasteiger partial charge in [-0.2, -0.15) is 0 Å². The van der Waals surface area contributed by atoms with Crippen LogP contribution in [0.1, 0.15) is 32.6 Å². The average Bonchev–Trinajstić information content (AvgIpc) is 3.69. The first-order valence-electron chi connectivity index (χ1n) is 14.0. The molecule has 3 saturated heterocycles. The number of halogens is 1. The molecule has 3 unspecified atom stereocenters. The molecule has 12 heteroatoms. The zero-order valence-corrected chi connectivity index (χ0v) is 25.5. The second-order valence-electron chi connectivity index (χ2n) is 10.8. The van der Waals surface area contributed by atoms with Gasteiger partial charge in [-0.15, -0.1) is 30.0 Å². The van der Waals surface area contributed by atoms with Gasteiger partial charge >= 0.3 is 5.97 Å². The number of esters is 1. The van der Waals surface area contributed by atoms with Gasteiger partial charge in [0.2, 0.25) is 11.8 Å². The highest BCUT2D eigenvalue weighted by Gasteiger charge is 2.76. The third-order valence-electron chi connectivity index (χ3n) is 8.49. The van der Waals surface area contributed by atoms with E-state index in [9.17, 15) is 19.5 Å². The van der Waals surface area contributed by atoms with Crippen molar-refractivity contribution >= 4 is 56.5 Å². The van der Waals surface area contributed by atoms with Crippen molar-refractivity contribution in [3.63, 3.8) is 0 Å². The Labute approximate surface area is 252 Å². The molecular weight excluding hydrogens is 610 g/mol. The van der Waals surface area contributed by atoms with E-state index < -0.39 is 34.6 Å². The van der Waals surface area contributed by atoms with Crippen LogP contribution in [0, 0.1) is 11.8 Å². The molecular formula is C29H36BrN5O5S. The van der Waals surface area contributed by atoms with E-state index >= 15 is 0 Å². The number of aliphatic hydroxyl groups excluding tert-OH is 1. The smallest absolute Gasteiger partial charge is 0.310 e. The van der Waals surface area contributed by atoms with Crippen LogP contribution in [0.5, 0.6) is 0 Å². The summed E-state index contributed by atoms with van der Waals surface area (Å²) in [6, 6.07) is 6.07. The van der Waals surface area contributed by atoms with E-state index in [1.165, 1.54) is 0 Å². The van der Waals surface area contributed by atoms with Crippen LogP contribution >= 0.6 is 27.7 Å². The summed E-state index contributed by atoms with van der Waals surface area (Å²) >= 11 is 5.33. The summed E-state index contributed by atoms with van der Waals surface area (Å²) in [5.41, 5.74) is 1.49. The van der Waals surface area contributed by atoms with E-state index in [0.717, 1.165) is 11.9 Å². The van der Waals surface area contributed by atoms with E-state index in [1.807, 2.05) is 31.2 Å². The quantitative estimate of drug-likeness (QED) is 0.153. The number of para-hydroxylation sites is 1. The van der Waals surface area contributed by atoms with Crippen molar-refractivity contribution < 1.29 is 24.2 Å². The van der Waals surface area contributed by atoms with Gasteiger partial charge in [-0.1, -0.05) is 52.4 Å². The topological polar surface area (TPSA) is 118 Å². The Morgan fingerprint density at radius 2 is 2.12 bits per heavy atom. The number of fused-ring (bicyclic) bond motifs is 2. The molecule has 41 heavy (non-hydrogen) atoms. The van der Waals surface area contributed by atoms with Crippen LogP contribution in [0.25, 0.3) is 11.0 Å². The van der Waals surface area contributed by atoms with Crippen molar-refractivity contribution in [2.24, 2.45) is 11.8 Å². The van der Waals surface area contributed by atoms with Gasteiger partial charge in [-0.3, -0.25) is 14.4 Å². The highest BCUT2D eigenvalue weighted by atomic mass is 79.9. The highest BCUT2D eigenvalue weighted by molar-refractivity contribution is 9.09. The third kappa shape index (κ3) is 5.01. The summed E-state index contributed by atoms with van der Waals surface area (Å²) in [7, 11) is 0. The Hall–Kier alpha value is -2.70. The van der Waals surface area contributed by atoms with Crippen molar-refractivity contribution in [2.45, 2.75) is 66.2 Å². The largest absolute Gasteiger partial charge is 0.465 e. The number of thioether (sulfide) groups is 1. The molecule has 0 saturated carbocycles. The van der Waals surface area contributed by atoms with E-state index in [1.54, 1.807) is 38.4 Å². The predicted molar refractivity (Wildman–Crippen MR) is 160 cm³/mol. The summed E-state index contributed by atoms with van der Waals surface area (Å²) in [6.07, 6.45) is 5.81. The third-order valence-corrected chi connectivity index (χ3v) is 11.7. The monoisotopic (exact) mass is 645 g/mol. The normalized spacial score (nSPS) is 29.0. The Kier molecular flexibility index (Phi) is 8.91. The van der Waals surface area contributed by atoms with Crippen LogP contribution in [-0.2, 0) is 25.8 Å². The number of benzene rings is 1. The van der Waals surface area contributed by atoms with E-state index in [-0.39, 0.29) is 48.3 Å². The number of nitrogens with zero attached hydrogens (tertiary/aromatic N) is 5. The summed E-state index contributed by atoms with van der Waals surface area (Å²) in [4.78, 5) is 45.5. The molecule has 3 fully saturated rings. The molecule has 4 heterocycles. The number of rotatable bonds is 13. The van der Waals surface area contributed by atoms with Gasteiger partial charge in [0, 0.05) is 16.6 Å². The SMILES string of the molecule is C=CCCCOC(=O)[C@H]1[C@@H]2SC3(CC2Br)C(C(=O)N(CC=C)Cn2nnc4ccccc42)N([C@@H](CC)CO)C(=O)[C@H]13. The first-order valence-corrected chi connectivity index (χ1v) is 15.8. The maximum Gasteiger partial charge on any atom is 0.310 e. The minimum Gasteiger partial charge on any atom is -0.465 e. The molecule has 220 valence electrons. The summed E-state index contributed by atoms with van der Waals surface area (Å²) in [6.45, 7) is 9.76. The Morgan fingerprint density at radius 1 is 1.34 bits per heavy atom. The maximum absolute atomic E-state index is 14.6. The van der Waals surface area contributed by atoms with Crippen molar-refractivity contribution in [1.82, 2.24) is 24.8 Å². The Morgan fingerprint density at radius 3 is 2.83 bits per heavy atom. The second kappa shape index (κ2) is 12.3. The molecule has 0 aliphatic carbocycles. The van der Waals surface area contributed by atoms with Crippen LogP contribution in [0.2, 0.25) is 0 Å². The van der Waals surface area contributed by atoms with Crippen molar-refractivity contribution in [3.05, 3.63) is 49.6 Å². The molecule has 1 spiro atoms. The average molecular weight is 647 g/mol. The number of likely N-dealkylation sites (tertiary alicyclic amines) is 1. The molecule has 2 bridgehead atoms. The first-order chi connectivity index (χ1) is 19.8. The lowest BCUT2D eigenvalue weighted by molar-refractivity contribution is -0.154. The van der Waals surface area contributed by atoms with Gasteiger partial charge in [0.15, 0.2) is 0 Å². The number of alkyl halides is 1. The minimum absolute atomic E-state index is 0.0705. The Balaban J connectivity index is 1.51. The van der Waals surface area contributed by atoms with Crippen molar-refractivity contribution in [1.29, 1.82) is 0 Å². The number of hydrogen-bond acceptors (Lipinski definition) is 8. The van der Waals surface area contributed by atoms with Gasteiger partial charge in [0.05, 0.1) is 41.4 Å². The molecule has 10 nitrogen and oxygen atoms in total. The number of ether oxygens (including phenoxy) is 1. The van der Waals surface area contributed by atoms with E-state index in [2.05, 4.69) is 39.4 Å². The van der Waals surface area contributed by atoms with Crippen molar-refractivity contribution in [2.75, 3.05) is 19.8 Å². The molecule has 3 aliphatic heterocycles. The fourth-order valence-corrected chi connectivity index (χ4v) is 10.2. The molecule has 2 amide bonds. The summed E-state index contributed by atoms with van der Waals surface area (Å²) in [5.74, 6) is -2.34. The number of allylic oxidation sites excluding steroid dienone is 1. The molecule has 1 aromatic carbocycles. The number of unbranched alkanes of at least 4 members (excludes halogenated alkanes) is 1. The minimum atomic E-state index is -0.875. The fourth-order valence-electron chi connectivity index (χ4n) is 6.65. The molecule has 1 aromatic heterocycles. The van der Waals surface area contributed by atoms with Crippen LogP contribution in [0.15, 0.2) is 49.6 Å². The van der Waals surface area contributed by atoms with Crippen molar-refractivity contribution in [3.8, 4) is 0 Å². The number of aliphatic hydroxyl groups is 1. The van der Waals surface area contributed by atoms with Crippen LogP contribution in [0.4, 0.5) is 0 Å². The maximum atomic E-state index is 14.6. The fraction of sp³-hybridized carbons (Fsp3) is 0.552. The number of hydrogen-bond donors (Lipinski definition) is 1. The van der Waals surface area contributed by atoms with Crippen LogP contribution < -0.4 is 0 Å². The molecule has 1 N–H and O–H groups in total. The van der Waals surface area contributed by atoms with Gasteiger partial charge < -0.3 is 19.6 Å². The lowest BCUT2D eigenvalue weighted by Gasteiger charge is -2.39. The predicted octanol–water partition coefficient (Wildman–Crippen LogP) is 3.15. The molecule has 3 aliphatic rings.